The lowest BCUT2D eigenvalue weighted by Gasteiger charge is -2.29. The lowest BCUT2D eigenvalue weighted by Crippen LogP contribution is -2.34. The number of hydrogen-bond donors (Lipinski definition) is 1. The molecule has 0 rings (SSSR count). The molecule has 0 saturated heterocycles. The molecule has 0 aliphatic carbocycles. The van der Waals surface area contributed by atoms with Crippen molar-refractivity contribution in [3.8, 4) is 0 Å². The lowest BCUT2D eigenvalue weighted by molar-refractivity contribution is 0.0319. The average molecular weight is 253 g/mol. The van der Waals surface area contributed by atoms with Crippen molar-refractivity contribution in [2.45, 2.75) is 20.8 Å². The lowest BCUT2D eigenvalue weighted by atomic mass is 9.82. The van der Waals surface area contributed by atoms with E-state index in [4.69, 9.17) is 14.6 Å². The third kappa shape index (κ3) is 8.04. The molecule has 5 nitrogen and oxygen atoms in total. The molecule has 16 heavy (non-hydrogen) atoms. The van der Waals surface area contributed by atoms with Gasteiger partial charge in [-0.3, -0.25) is 0 Å². The Bertz CT molecular complexity index is 282. The first-order valence-corrected chi connectivity index (χ1v) is 6.95. The molecule has 98 valence electrons. The summed E-state index contributed by atoms with van der Waals surface area (Å²) in [5, 5.41) is 5.06. The molecule has 0 aromatic heterocycles. The van der Waals surface area contributed by atoms with Crippen molar-refractivity contribution in [3.05, 3.63) is 0 Å². The predicted molar refractivity (Wildman–Crippen MR) is 63.6 cm³/mol. The first-order chi connectivity index (χ1) is 7.17. The molecule has 0 spiro atoms. The van der Waals surface area contributed by atoms with E-state index in [1.54, 1.807) is 7.11 Å². The van der Waals surface area contributed by atoms with Crippen LogP contribution in [-0.4, -0.2) is 41.1 Å². The Kier molecular flexibility index (Phi) is 6.47. The quantitative estimate of drug-likeness (QED) is 0.674. The number of methoxy groups -OCH3 is 1. The fraction of sp³-hybridized carbons (Fsp3) is 1.00. The number of primary sulfonamides is 1. The van der Waals surface area contributed by atoms with Crippen LogP contribution >= 0.6 is 0 Å². The topological polar surface area (TPSA) is 78.6 Å². The van der Waals surface area contributed by atoms with Crippen LogP contribution in [0.25, 0.3) is 0 Å². The van der Waals surface area contributed by atoms with Gasteiger partial charge in [0.25, 0.3) is 0 Å². The highest BCUT2D eigenvalue weighted by Gasteiger charge is 2.28. The predicted octanol–water partition coefficient (Wildman–Crippen LogP) is 0.600. The Morgan fingerprint density at radius 2 is 1.81 bits per heavy atom. The largest absolute Gasteiger partial charge is 0.382 e. The third-order valence-corrected chi connectivity index (χ3v) is 3.28. The second kappa shape index (κ2) is 6.54. The minimum absolute atomic E-state index is 0.0521. The maximum atomic E-state index is 11.1. The first-order valence-electron chi connectivity index (χ1n) is 5.24. The summed E-state index contributed by atoms with van der Waals surface area (Å²) >= 11 is 0. The Morgan fingerprint density at radius 3 is 2.19 bits per heavy atom. The number of rotatable bonds is 7. The molecule has 2 N–H and O–H groups in total. The Labute approximate surface area is 98.4 Å². The van der Waals surface area contributed by atoms with Gasteiger partial charge in [0.15, 0.2) is 0 Å². The van der Waals surface area contributed by atoms with Crippen LogP contribution in [-0.2, 0) is 19.5 Å². The van der Waals surface area contributed by atoms with E-state index in [-0.39, 0.29) is 17.1 Å². The minimum Gasteiger partial charge on any atom is -0.382 e. The molecule has 0 amide bonds. The number of nitrogens with two attached hydrogens (primary N) is 1. The SMILES string of the molecule is COCCOCC(CS(N)(=O)=O)C(C)(C)C. The molecule has 6 heteroatoms. The van der Waals surface area contributed by atoms with Gasteiger partial charge < -0.3 is 9.47 Å². The van der Waals surface area contributed by atoms with Crippen molar-refractivity contribution in [2.75, 3.05) is 32.7 Å². The summed E-state index contributed by atoms with van der Waals surface area (Å²) in [7, 11) is -1.87. The summed E-state index contributed by atoms with van der Waals surface area (Å²) < 4.78 is 32.4. The molecule has 0 aliphatic heterocycles. The molecule has 0 aromatic carbocycles. The molecular weight excluding hydrogens is 230 g/mol. The molecule has 0 heterocycles. The highest BCUT2D eigenvalue weighted by Crippen LogP contribution is 2.27. The van der Waals surface area contributed by atoms with E-state index < -0.39 is 10.0 Å². The van der Waals surface area contributed by atoms with Crippen LogP contribution in [0, 0.1) is 11.3 Å². The van der Waals surface area contributed by atoms with Crippen LogP contribution in [0.1, 0.15) is 20.8 Å². The standard InChI is InChI=1S/C10H23NO4S/c1-10(2,3)9(8-16(11,12)13)7-15-6-5-14-4/h9H,5-8H2,1-4H3,(H2,11,12,13). The van der Waals surface area contributed by atoms with Crippen LogP contribution < -0.4 is 5.14 Å². The molecule has 1 unspecified atom stereocenters. The highest BCUT2D eigenvalue weighted by molar-refractivity contribution is 7.89. The van der Waals surface area contributed by atoms with Crippen molar-refractivity contribution in [1.82, 2.24) is 0 Å². The number of hydrogen-bond acceptors (Lipinski definition) is 4. The van der Waals surface area contributed by atoms with Gasteiger partial charge in [0, 0.05) is 13.0 Å². The molecule has 0 bridgehead atoms. The van der Waals surface area contributed by atoms with E-state index in [1.807, 2.05) is 20.8 Å². The summed E-state index contributed by atoms with van der Waals surface area (Å²) in [6.07, 6.45) is 0. The van der Waals surface area contributed by atoms with Gasteiger partial charge in [0.2, 0.25) is 10.0 Å². The van der Waals surface area contributed by atoms with E-state index in [9.17, 15) is 8.42 Å². The van der Waals surface area contributed by atoms with Gasteiger partial charge in [-0.2, -0.15) is 0 Å². The van der Waals surface area contributed by atoms with Crippen molar-refractivity contribution < 1.29 is 17.9 Å². The van der Waals surface area contributed by atoms with Gasteiger partial charge in [-0.05, 0) is 5.41 Å². The Balaban J connectivity index is 4.24. The summed E-state index contributed by atoms with van der Waals surface area (Å²) in [5.41, 5.74) is -0.153. The minimum atomic E-state index is -3.46. The fourth-order valence-corrected chi connectivity index (χ4v) is 2.35. The average Bonchev–Trinajstić information content (AvgIpc) is 2.06. The Hall–Kier alpha value is -0.170. The first kappa shape index (κ1) is 15.8. The molecule has 1 atom stereocenters. The maximum absolute atomic E-state index is 11.1. The fourth-order valence-electron chi connectivity index (χ4n) is 1.20. The van der Waals surface area contributed by atoms with Crippen molar-refractivity contribution in [1.29, 1.82) is 0 Å². The van der Waals surface area contributed by atoms with Gasteiger partial charge >= 0.3 is 0 Å². The van der Waals surface area contributed by atoms with E-state index >= 15 is 0 Å². The van der Waals surface area contributed by atoms with E-state index in [1.165, 1.54) is 0 Å². The van der Waals surface area contributed by atoms with Crippen molar-refractivity contribution in [2.24, 2.45) is 16.5 Å². The number of ether oxygens (including phenoxy) is 2. The van der Waals surface area contributed by atoms with Gasteiger partial charge in [-0.25, -0.2) is 13.6 Å². The number of sulfonamides is 1. The third-order valence-electron chi connectivity index (χ3n) is 2.41. The Morgan fingerprint density at radius 1 is 1.25 bits per heavy atom. The van der Waals surface area contributed by atoms with Crippen LogP contribution in [0.3, 0.4) is 0 Å². The monoisotopic (exact) mass is 253 g/mol. The normalized spacial score (nSPS) is 15.1. The molecule has 0 fully saturated rings. The second-order valence-corrected chi connectivity index (χ2v) is 6.62. The zero-order chi connectivity index (χ0) is 12.8. The smallest absolute Gasteiger partial charge is 0.209 e. The second-order valence-electron chi connectivity index (χ2n) is 4.96. The molecule has 0 aromatic rings. The zero-order valence-corrected chi connectivity index (χ0v) is 11.3. The van der Waals surface area contributed by atoms with E-state index in [0.29, 0.717) is 19.8 Å². The van der Waals surface area contributed by atoms with Crippen molar-refractivity contribution >= 4 is 10.0 Å². The summed E-state index contributed by atoms with van der Waals surface area (Å²) in [6.45, 7) is 7.27. The molecular formula is C10H23NO4S. The van der Waals surface area contributed by atoms with Crippen molar-refractivity contribution in [3.63, 3.8) is 0 Å². The summed E-state index contributed by atoms with van der Waals surface area (Å²) in [5.74, 6) is -0.164. The molecule has 0 aliphatic rings. The van der Waals surface area contributed by atoms with Crippen LogP contribution in [0.5, 0.6) is 0 Å². The highest BCUT2D eigenvalue weighted by atomic mass is 32.2. The van der Waals surface area contributed by atoms with Crippen LogP contribution in [0.15, 0.2) is 0 Å². The summed E-state index contributed by atoms with van der Waals surface area (Å²) in [4.78, 5) is 0. The van der Waals surface area contributed by atoms with Crippen LogP contribution in [0.4, 0.5) is 0 Å². The van der Waals surface area contributed by atoms with E-state index in [2.05, 4.69) is 0 Å². The van der Waals surface area contributed by atoms with Gasteiger partial charge in [0.05, 0.1) is 25.6 Å². The maximum Gasteiger partial charge on any atom is 0.209 e. The van der Waals surface area contributed by atoms with E-state index in [0.717, 1.165) is 0 Å². The molecule has 0 saturated carbocycles. The zero-order valence-electron chi connectivity index (χ0n) is 10.5. The van der Waals surface area contributed by atoms with Gasteiger partial charge in [0.1, 0.15) is 0 Å². The molecule has 0 radical (unpaired) electrons. The van der Waals surface area contributed by atoms with Gasteiger partial charge in [-0.1, -0.05) is 20.8 Å². The van der Waals surface area contributed by atoms with Crippen LogP contribution in [0.2, 0.25) is 0 Å². The summed E-state index contributed by atoms with van der Waals surface area (Å²) in [6, 6.07) is 0. The van der Waals surface area contributed by atoms with Gasteiger partial charge in [-0.15, -0.1) is 0 Å².